The monoisotopic (exact) mass is 344 g/mol. The number of carbonyl (C=O) groups is 3. The molecule has 1 spiro atoms. The van der Waals surface area contributed by atoms with E-state index in [0.717, 1.165) is 24.8 Å². The molecule has 1 saturated heterocycles. The van der Waals surface area contributed by atoms with E-state index in [2.05, 4.69) is 17.0 Å². The summed E-state index contributed by atoms with van der Waals surface area (Å²) < 4.78 is 4.67. The summed E-state index contributed by atoms with van der Waals surface area (Å²) >= 11 is 0. The molecule has 0 unspecified atom stereocenters. The molecule has 0 atom stereocenters. The molecule has 0 radical (unpaired) electrons. The summed E-state index contributed by atoms with van der Waals surface area (Å²) in [6.45, 7) is 2.38. The van der Waals surface area contributed by atoms with Gasteiger partial charge in [0.1, 0.15) is 5.54 Å². The summed E-state index contributed by atoms with van der Waals surface area (Å²) in [5.41, 5.74) is 0.530. The van der Waals surface area contributed by atoms with Crippen molar-refractivity contribution >= 4 is 17.9 Å². The van der Waals surface area contributed by atoms with Gasteiger partial charge >= 0.3 is 12.0 Å². The summed E-state index contributed by atoms with van der Waals surface area (Å²) in [6, 6.07) is 6.44. The number of benzene rings is 1. The quantitative estimate of drug-likeness (QED) is 0.673. The van der Waals surface area contributed by atoms with Crippen LogP contribution in [0.5, 0.6) is 0 Å². The van der Waals surface area contributed by atoms with E-state index in [1.807, 2.05) is 0 Å². The Balaban J connectivity index is 1.70. The number of hydrogen-bond donors (Lipinski definition) is 1. The second-order valence-electron chi connectivity index (χ2n) is 6.94. The summed E-state index contributed by atoms with van der Waals surface area (Å²) in [5, 5.41) is 2.94. The van der Waals surface area contributed by atoms with Crippen molar-refractivity contribution in [2.75, 3.05) is 7.11 Å². The van der Waals surface area contributed by atoms with Gasteiger partial charge in [0.2, 0.25) is 0 Å². The van der Waals surface area contributed by atoms with Crippen LogP contribution in [-0.2, 0) is 16.1 Å². The Bertz CT molecular complexity index is 675. The number of rotatable bonds is 4. The van der Waals surface area contributed by atoms with Crippen LogP contribution in [0.4, 0.5) is 4.79 Å². The van der Waals surface area contributed by atoms with Crippen LogP contribution in [0, 0.1) is 5.92 Å². The molecule has 2 aliphatic rings. The van der Waals surface area contributed by atoms with Gasteiger partial charge in [0.25, 0.3) is 5.91 Å². The lowest BCUT2D eigenvalue weighted by molar-refractivity contribution is -0.133. The van der Waals surface area contributed by atoms with E-state index < -0.39 is 11.5 Å². The first-order valence-corrected chi connectivity index (χ1v) is 8.80. The zero-order chi connectivity index (χ0) is 18.0. The average molecular weight is 344 g/mol. The van der Waals surface area contributed by atoms with Gasteiger partial charge in [-0.2, -0.15) is 0 Å². The molecule has 0 bridgehead atoms. The molecule has 134 valence electrons. The number of amides is 3. The van der Waals surface area contributed by atoms with Gasteiger partial charge < -0.3 is 10.1 Å². The van der Waals surface area contributed by atoms with Gasteiger partial charge in [-0.25, -0.2) is 9.59 Å². The van der Waals surface area contributed by atoms with Gasteiger partial charge in [-0.05, 0) is 49.3 Å². The molecule has 1 heterocycles. The molecule has 1 saturated carbocycles. The van der Waals surface area contributed by atoms with Crippen LogP contribution in [-0.4, -0.2) is 35.5 Å². The Morgan fingerprint density at radius 2 is 1.88 bits per heavy atom. The minimum Gasteiger partial charge on any atom is -0.465 e. The zero-order valence-electron chi connectivity index (χ0n) is 14.7. The van der Waals surface area contributed by atoms with Crippen molar-refractivity contribution < 1.29 is 19.1 Å². The van der Waals surface area contributed by atoms with Crippen LogP contribution in [0.2, 0.25) is 0 Å². The third-order valence-corrected chi connectivity index (χ3v) is 5.50. The van der Waals surface area contributed by atoms with Crippen molar-refractivity contribution in [1.82, 2.24) is 10.2 Å². The highest BCUT2D eigenvalue weighted by atomic mass is 16.5. The van der Waals surface area contributed by atoms with Crippen molar-refractivity contribution in [3.8, 4) is 0 Å². The number of nitrogens with zero attached hydrogens (tertiary/aromatic N) is 1. The predicted molar refractivity (Wildman–Crippen MR) is 91.8 cm³/mol. The normalized spacial score (nSPS) is 26.0. The molecular formula is C19H24N2O4. The molecule has 25 heavy (non-hydrogen) atoms. The second kappa shape index (κ2) is 6.86. The predicted octanol–water partition coefficient (Wildman–Crippen LogP) is 2.86. The summed E-state index contributed by atoms with van der Waals surface area (Å²) in [6.07, 6.45) is 4.50. The number of carbonyl (C=O) groups excluding carboxylic acids is 3. The molecule has 1 aromatic rings. The van der Waals surface area contributed by atoms with Crippen molar-refractivity contribution in [1.29, 1.82) is 0 Å². The first-order chi connectivity index (χ1) is 12.0. The summed E-state index contributed by atoms with van der Waals surface area (Å²) in [7, 11) is 1.33. The van der Waals surface area contributed by atoms with Gasteiger partial charge in [-0.1, -0.05) is 25.5 Å². The van der Waals surface area contributed by atoms with Crippen LogP contribution in [0.15, 0.2) is 24.3 Å². The SMILES string of the molecule is CCC1CCC2(CC1)NC(=O)N(Cc1ccc(C(=O)OC)cc1)C2=O. The number of nitrogens with one attached hydrogen (secondary N) is 1. The van der Waals surface area contributed by atoms with E-state index in [1.54, 1.807) is 24.3 Å². The van der Waals surface area contributed by atoms with E-state index in [4.69, 9.17) is 0 Å². The van der Waals surface area contributed by atoms with Crippen molar-refractivity contribution in [3.05, 3.63) is 35.4 Å². The Hall–Kier alpha value is -2.37. The summed E-state index contributed by atoms with van der Waals surface area (Å²) in [4.78, 5) is 38.0. The fourth-order valence-electron chi connectivity index (χ4n) is 3.78. The van der Waals surface area contributed by atoms with Gasteiger partial charge in [-0.3, -0.25) is 9.69 Å². The average Bonchev–Trinajstić information content (AvgIpc) is 2.86. The molecule has 3 rings (SSSR count). The fraction of sp³-hybridized carbons (Fsp3) is 0.526. The number of hydrogen-bond acceptors (Lipinski definition) is 4. The topological polar surface area (TPSA) is 75.7 Å². The van der Waals surface area contributed by atoms with E-state index in [9.17, 15) is 14.4 Å². The Labute approximate surface area is 147 Å². The minimum absolute atomic E-state index is 0.121. The van der Waals surface area contributed by atoms with E-state index >= 15 is 0 Å². The molecule has 1 N–H and O–H groups in total. The molecule has 1 aliphatic carbocycles. The maximum absolute atomic E-state index is 12.9. The molecular weight excluding hydrogens is 320 g/mol. The zero-order valence-corrected chi connectivity index (χ0v) is 14.7. The second-order valence-corrected chi connectivity index (χ2v) is 6.94. The fourth-order valence-corrected chi connectivity index (χ4v) is 3.78. The van der Waals surface area contributed by atoms with Crippen LogP contribution in [0.1, 0.15) is 54.9 Å². The van der Waals surface area contributed by atoms with Crippen LogP contribution in [0.3, 0.4) is 0 Å². The third-order valence-electron chi connectivity index (χ3n) is 5.50. The Morgan fingerprint density at radius 3 is 2.44 bits per heavy atom. The standard InChI is InChI=1S/C19H24N2O4/c1-3-13-8-10-19(11-9-13)17(23)21(18(24)20-19)12-14-4-6-15(7-5-14)16(22)25-2/h4-7,13H,3,8-12H2,1-2H3,(H,20,24). The van der Waals surface area contributed by atoms with Gasteiger partial charge in [-0.15, -0.1) is 0 Å². The molecule has 6 heteroatoms. The van der Waals surface area contributed by atoms with Gasteiger partial charge in [0.05, 0.1) is 19.2 Å². The first-order valence-electron chi connectivity index (χ1n) is 8.80. The molecule has 2 fully saturated rings. The number of esters is 1. The number of methoxy groups -OCH3 is 1. The van der Waals surface area contributed by atoms with E-state index in [1.165, 1.54) is 12.0 Å². The highest BCUT2D eigenvalue weighted by Crippen LogP contribution is 2.38. The maximum atomic E-state index is 12.9. The number of ether oxygens (including phenoxy) is 1. The molecule has 3 amide bonds. The van der Waals surface area contributed by atoms with E-state index in [-0.39, 0.29) is 18.5 Å². The smallest absolute Gasteiger partial charge is 0.337 e. The highest BCUT2D eigenvalue weighted by molar-refractivity contribution is 6.07. The maximum Gasteiger partial charge on any atom is 0.337 e. The van der Waals surface area contributed by atoms with Crippen molar-refractivity contribution in [2.45, 2.75) is 51.1 Å². The lowest BCUT2D eigenvalue weighted by Crippen LogP contribution is -2.49. The van der Waals surface area contributed by atoms with Gasteiger partial charge in [0, 0.05) is 0 Å². The van der Waals surface area contributed by atoms with E-state index in [0.29, 0.717) is 24.3 Å². The Morgan fingerprint density at radius 1 is 1.24 bits per heavy atom. The largest absolute Gasteiger partial charge is 0.465 e. The lowest BCUT2D eigenvalue weighted by atomic mass is 9.75. The lowest BCUT2D eigenvalue weighted by Gasteiger charge is -2.34. The minimum atomic E-state index is -0.714. The molecule has 1 aromatic carbocycles. The third kappa shape index (κ3) is 3.25. The number of imide groups is 1. The van der Waals surface area contributed by atoms with Crippen molar-refractivity contribution in [3.63, 3.8) is 0 Å². The Kier molecular flexibility index (Phi) is 4.79. The van der Waals surface area contributed by atoms with Crippen LogP contribution in [0.25, 0.3) is 0 Å². The van der Waals surface area contributed by atoms with Gasteiger partial charge in [0.15, 0.2) is 0 Å². The van der Waals surface area contributed by atoms with Crippen LogP contribution < -0.4 is 5.32 Å². The highest BCUT2D eigenvalue weighted by Gasteiger charge is 2.52. The molecule has 1 aliphatic heterocycles. The first kappa shape index (κ1) is 17.5. The molecule has 6 nitrogen and oxygen atoms in total. The summed E-state index contributed by atoms with van der Waals surface area (Å²) in [5.74, 6) is 0.118. The van der Waals surface area contributed by atoms with Crippen LogP contribution >= 0.6 is 0 Å². The number of urea groups is 1. The molecule has 0 aromatic heterocycles. The van der Waals surface area contributed by atoms with Crippen molar-refractivity contribution in [2.24, 2.45) is 5.92 Å².